The maximum absolute atomic E-state index is 13.1. The predicted molar refractivity (Wildman–Crippen MR) is 106 cm³/mol. The molecular formula is C22H19N5O. The quantitative estimate of drug-likeness (QED) is 0.599. The topological polar surface area (TPSA) is 64.7 Å². The minimum absolute atomic E-state index is 0.00286. The Kier molecular flexibility index (Phi) is 4.01. The summed E-state index contributed by atoms with van der Waals surface area (Å²) in [6, 6.07) is 21.8. The van der Waals surface area contributed by atoms with E-state index in [4.69, 9.17) is 0 Å². The summed E-state index contributed by atoms with van der Waals surface area (Å²) in [5.41, 5.74) is 3.65. The molecule has 5 rings (SSSR count). The predicted octanol–water partition coefficient (Wildman–Crippen LogP) is 3.48. The van der Waals surface area contributed by atoms with E-state index in [9.17, 15) is 4.79 Å². The number of carbonyl (C=O) groups excluding carboxylic acids is 1. The second-order valence-electron chi connectivity index (χ2n) is 6.86. The standard InChI is InChI=1S/C22H19N5O/c28-21(23-19-13-12-16-8-4-5-11-18(16)19)20-22(26-14-6-7-15-26)27(25-24-20)17-9-2-1-3-10-17/h1-11,14-15,19H,12-13H2,(H,23,28)/t19-/m1/s1. The summed E-state index contributed by atoms with van der Waals surface area (Å²) in [5.74, 6) is 0.410. The van der Waals surface area contributed by atoms with Crippen molar-refractivity contribution in [2.45, 2.75) is 18.9 Å². The van der Waals surface area contributed by atoms with Crippen molar-refractivity contribution in [1.82, 2.24) is 24.9 Å². The van der Waals surface area contributed by atoms with Crippen molar-refractivity contribution in [3.8, 4) is 11.5 Å². The monoisotopic (exact) mass is 369 g/mol. The minimum atomic E-state index is -0.215. The highest BCUT2D eigenvalue weighted by molar-refractivity contribution is 5.95. The van der Waals surface area contributed by atoms with E-state index in [1.165, 1.54) is 11.1 Å². The molecule has 0 spiro atoms. The van der Waals surface area contributed by atoms with Gasteiger partial charge in [-0.2, -0.15) is 4.68 Å². The summed E-state index contributed by atoms with van der Waals surface area (Å²) >= 11 is 0. The van der Waals surface area contributed by atoms with Crippen LogP contribution in [0.3, 0.4) is 0 Å². The van der Waals surface area contributed by atoms with Gasteiger partial charge in [0.05, 0.1) is 11.7 Å². The molecule has 0 saturated heterocycles. The van der Waals surface area contributed by atoms with Crippen LogP contribution in [0.2, 0.25) is 0 Å². The van der Waals surface area contributed by atoms with E-state index in [-0.39, 0.29) is 11.9 Å². The maximum Gasteiger partial charge on any atom is 0.276 e. The molecule has 0 saturated carbocycles. The van der Waals surface area contributed by atoms with E-state index in [0.717, 1.165) is 18.5 Å². The van der Waals surface area contributed by atoms with Crippen LogP contribution in [0, 0.1) is 0 Å². The van der Waals surface area contributed by atoms with Gasteiger partial charge in [-0.25, -0.2) is 0 Å². The molecule has 1 aliphatic carbocycles. The fourth-order valence-corrected chi connectivity index (χ4v) is 3.81. The number of hydrogen-bond acceptors (Lipinski definition) is 3. The van der Waals surface area contributed by atoms with E-state index in [2.05, 4.69) is 27.8 Å². The van der Waals surface area contributed by atoms with Crippen LogP contribution < -0.4 is 5.32 Å². The molecular weight excluding hydrogens is 350 g/mol. The first-order valence-corrected chi connectivity index (χ1v) is 9.34. The van der Waals surface area contributed by atoms with Crippen LogP contribution in [-0.2, 0) is 6.42 Å². The molecule has 0 unspecified atom stereocenters. The summed E-state index contributed by atoms with van der Waals surface area (Å²) in [6.45, 7) is 0. The number of para-hydroxylation sites is 1. The average Bonchev–Trinajstić information content (AvgIpc) is 3.48. The number of carbonyl (C=O) groups is 1. The first kappa shape index (κ1) is 16.5. The normalized spacial score (nSPS) is 15.4. The van der Waals surface area contributed by atoms with Crippen molar-refractivity contribution < 1.29 is 4.79 Å². The van der Waals surface area contributed by atoms with E-state index in [1.54, 1.807) is 4.68 Å². The Balaban J connectivity index is 1.52. The lowest BCUT2D eigenvalue weighted by Gasteiger charge is -2.14. The Labute approximate surface area is 162 Å². The molecule has 0 radical (unpaired) electrons. The van der Waals surface area contributed by atoms with Gasteiger partial charge in [0.25, 0.3) is 5.91 Å². The van der Waals surface area contributed by atoms with E-state index in [1.807, 2.05) is 71.6 Å². The van der Waals surface area contributed by atoms with E-state index < -0.39 is 0 Å². The van der Waals surface area contributed by atoms with Crippen LogP contribution in [-0.4, -0.2) is 25.5 Å². The van der Waals surface area contributed by atoms with Crippen molar-refractivity contribution in [2.75, 3.05) is 0 Å². The highest BCUT2D eigenvalue weighted by atomic mass is 16.2. The first-order valence-electron chi connectivity index (χ1n) is 9.34. The van der Waals surface area contributed by atoms with Gasteiger partial charge < -0.3 is 9.88 Å². The molecule has 6 nitrogen and oxygen atoms in total. The number of hydrogen-bond donors (Lipinski definition) is 1. The van der Waals surface area contributed by atoms with Gasteiger partial charge in [-0.3, -0.25) is 4.79 Å². The van der Waals surface area contributed by atoms with Crippen molar-refractivity contribution in [2.24, 2.45) is 0 Å². The van der Waals surface area contributed by atoms with Crippen molar-refractivity contribution >= 4 is 5.91 Å². The smallest absolute Gasteiger partial charge is 0.276 e. The molecule has 4 aromatic rings. The SMILES string of the molecule is O=C(N[C@@H]1CCc2ccccc21)c1nnn(-c2ccccc2)c1-n1cccc1. The Bertz CT molecular complexity index is 1120. The van der Waals surface area contributed by atoms with Gasteiger partial charge in [-0.15, -0.1) is 5.10 Å². The minimum Gasteiger partial charge on any atom is -0.344 e. The molecule has 2 aromatic carbocycles. The first-order chi connectivity index (χ1) is 13.8. The summed E-state index contributed by atoms with van der Waals surface area (Å²) in [4.78, 5) is 13.1. The summed E-state index contributed by atoms with van der Waals surface area (Å²) in [7, 11) is 0. The number of aromatic nitrogens is 4. The highest BCUT2D eigenvalue weighted by Gasteiger charge is 2.27. The lowest BCUT2D eigenvalue weighted by atomic mass is 10.1. The fourth-order valence-electron chi connectivity index (χ4n) is 3.81. The Hall–Kier alpha value is -3.67. The number of nitrogens with one attached hydrogen (secondary N) is 1. The molecule has 6 heteroatoms. The molecule has 0 fully saturated rings. The van der Waals surface area contributed by atoms with E-state index in [0.29, 0.717) is 11.5 Å². The van der Waals surface area contributed by atoms with Crippen LogP contribution >= 0.6 is 0 Å². The molecule has 1 amide bonds. The molecule has 1 N–H and O–H groups in total. The largest absolute Gasteiger partial charge is 0.344 e. The Morgan fingerprint density at radius 3 is 2.54 bits per heavy atom. The van der Waals surface area contributed by atoms with Gasteiger partial charge in [0.15, 0.2) is 11.5 Å². The maximum atomic E-state index is 13.1. The summed E-state index contributed by atoms with van der Waals surface area (Å²) in [6.07, 6.45) is 5.65. The number of aryl methyl sites for hydroxylation is 1. The second-order valence-corrected chi connectivity index (χ2v) is 6.86. The zero-order valence-electron chi connectivity index (χ0n) is 15.2. The van der Waals surface area contributed by atoms with Gasteiger partial charge in [-0.1, -0.05) is 47.7 Å². The zero-order chi connectivity index (χ0) is 18.9. The number of nitrogens with zero attached hydrogens (tertiary/aromatic N) is 4. The van der Waals surface area contributed by atoms with Crippen LogP contribution in [0.1, 0.15) is 34.1 Å². The van der Waals surface area contributed by atoms with Gasteiger partial charge in [-0.05, 0) is 48.2 Å². The lowest BCUT2D eigenvalue weighted by molar-refractivity contribution is 0.0931. The molecule has 28 heavy (non-hydrogen) atoms. The number of benzene rings is 2. The van der Waals surface area contributed by atoms with Crippen LogP contribution in [0.15, 0.2) is 79.1 Å². The van der Waals surface area contributed by atoms with Gasteiger partial charge in [0.2, 0.25) is 0 Å². The van der Waals surface area contributed by atoms with Gasteiger partial charge >= 0.3 is 0 Å². The summed E-state index contributed by atoms with van der Waals surface area (Å²) in [5, 5.41) is 11.6. The molecule has 0 aliphatic heterocycles. The Morgan fingerprint density at radius 2 is 1.71 bits per heavy atom. The third kappa shape index (κ3) is 2.79. The van der Waals surface area contributed by atoms with Crippen molar-refractivity contribution in [1.29, 1.82) is 0 Å². The number of fused-ring (bicyclic) bond motifs is 1. The van der Waals surface area contributed by atoms with Crippen molar-refractivity contribution in [3.63, 3.8) is 0 Å². The highest BCUT2D eigenvalue weighted by Crippen LogP contribution is 2.31. The third-order valence-corrected chi connectivity index (χ3v) is 5.15. The summed E-state index contributed by atoms with van der Waals surface area (Å²) < 4.78 is 3.56. The second kappa shape index (κ2) is 6.81. The molecule has 138 valence electrons. The molecule has 1 aliphatic rings. The molecule has 2 aromatic heterocycles. The number of amides is 1. The Morgan fingerprint density at radius 1 is 0.964 bits per heavy atom. The fraction of sp³-hybridized carbons (Fsp3) is 0.136. The zero-order valence-corrected chi connectivity index (χ0v) is 15.2. The van der Waals surface area contributed by atoms with E-state index >= 15 is 0 Å². The van der Waals surface area contributed by atoms with Crippen LogP contribution in [0.4, 0.5) is 0 Å². The third-order valence-electron chi connectivity index (χ3n) is 5.15. The number of rotatable bonds is 4. The van der Waals surface area contributed by atoms with Crippen LogP contribution in [0.25, 0.3) is 11.5 Å². The lowest BCUT2D eigenvalue weighted by Crippen LogP contribution is -2.28. The van der Waals surface area contributed by atoms with Gasteiger partial charge in [0, 0.05) is 12.4 Å². The molecule has 0 bridgehead atoms. The van der Waals surface area contributed by atoms with Crippen molar-refractivity contribution in [3.05, 3.63) is 95.9 Å². The molecule has 1 atom stereocenters. The van der Waals surface area contributed by atoms with Crippen LogP contribution in [0.5, 0.6) is 0 Å². The van der Waals surface area contributed by atoms with Gasteiger partial charge in [0.1, 0.15) is 0 Å². The average molecular weight is 369 g/mol. The molecule has 2 heterocycles.